The average Bonchev–Trinajstić information content (AvgIpc) is 2.71. The van der Waals surface area contributed by atoms with Crippen molar-refractivity contribution in [2.45, 2.75) is 38.3 Å². The lowest BCUT2D eigenvalue weighted by Gasteiger charge is -2.32. The van der Waals surface area contributed by atoms with Crippen LogP contribution < -0.4 is 15.4 Å². The molecular formula is C15H24N2O2. The van der Waals surface area contributed by atoms with Crippen molar-refractivity contribution < 1.29 is 9.84 Å². The Hall–Kier alpha value is -1.26. The Labute approximate surface area is 115 Å². The molecule has 1 aliphatic heterocycles. The first-order chi connectivity index (χ1) is 9.30. The van der Waals surface area contributed by atoms with Gasteiger partial charge >= 0.3 is 0 Å². The topological polar surface area (TPSA) is 58.7 Å². The van der Waals surface area contributed by atoms with E-state index in [0.717, 1.165) is 36.4 Å². The third-order valence-electron chi connectivity index (χ3n) is 3.91. The lowest BCUT2D eigenvalue weighted by molar-refractivity contribution is 0.255. The Balaban J connectivity index is 2.35. The summed E-state index contributed by atoms with van der Waals surface area (Å²) in [6, 6.07) is 6.20. The van der Waals surface area contributed by atoms with E-state index in [0.29, 0.717) is 6.54 Å². The fourth-order valence-electron chi connectivity index (χ4n) is 2.79. The number of nitrogens with zero attached hydrogens (tertiary/aromatic N) is 1. The van der Waals surface area contributed by atoms with Gasteiger partial charge in [0.2, 0.25) is 0 Å². The molecule has 106 valence electrons. The van der Waals surface area contributed by atoms with Crippen LogP contribution in [0.2, 0.25) is 0 Å². The molecule has 0 radical (unpaired) electrons. The lowest BCUT2D eigenvalue weighted by atomic mass is 10.1. The van der Waals surface area contributed by atoms with Crippen LogP contribution in [-0.2, 0) is 6.54 Å². The van der Waals surface area contributed by atoms with Crippen LogP contribution >= 0.6 is 0 Å². The van der Waals surface area contributed by atoms with E-state index in [1.807, 2.05) is 18.2 Å². The normalized spacial score (nSPS) is 20.2. The molecule has 0 aromatic heterocycles. The van der Waals surface area contributed by atoms with E-state index in [1.54, 1.807) is 7.11 Å². The molecule has 0 spiro atoms. The van der Waals surface area contributed by atoms with Gasteiger partial charge in [-0.25, -0.2) is 0 Å². The maximum Gasteiger partial charge on any atom is 0.120 e. The van der Waals surface area contributed by atoms with E-state index >= 15 is 0 Å². The minimum atomic E-state index is 0.194. The molecule has 4 nitrogen and oxygen atoms in total. The van der Waals surface area contributed by atoms with Crippen molar-refractivity contribution in [2.24, 2.45) is 5.73 Å². The van der Waals surface area contributed by atoms with E-state index < -0.39 is 0 Å². The molecule has 1 saturated heterocycles. The quantitative estimate of drug-likeness (QED) is 0.872. The van der Waals surface area contributed by atoms with Gasteiger partial charge in [0.25, 0.3) is 0 Å². The molecule has 0 saturated carbocycles. The van der Waals surface area contributed by atoms with Crippen molar-refractivity contribution >= 4 is 5.69 Å². The minimum absolute atomic E-state index is 0.194. The zero-order valence-corrected chi connectivity index (χ0v) is 11.6. The van der Waals surface area contributed by atoms with Crippen molar-refractivity contribution in [2.75, 3.05) is 25.2 Å². The summed E-state index contributed by atoms with van der Waals surface area (Å²) >= 11 is 0. The maximum atomic E-state index is 9.63. The van der Waals surface area contributed by atoms with E-state index in [-0.39, 0.29) is 12.6 Å². The summed E-state index contributed by atoms with van der Waals surface area (Å²) in [5, 5.41) is 9.63. The highest BCUT2D eigenvalue weighted by Crippen LogP contribution is 2.30. The monoisotopic (exact) mass is 264 g/mol. The Bertz CT molecular complexity index is 409. The van der Waals surface area contributed by atoms with Crippen molar-refractivity contribution in [3.8, 4) is 5.75 Å². The molecule has 19 heavy (non-hydrogen) atoms. The maximum absolute atomic E-state index is 9.63. The number of aliphatic hydroxyl groups is 1. The number of nitrogens with two attached hydrogens (primary N) is 1. The standard InChI is InChI=1S/C15H24N2O2/c1-19-14-7-6-12(10-16)15(9-14)17-8-4-2-3-5-13(17)11-18/h6-7,9,13,18H,2-5,8,10-11,16H2,1H3. The molecule has 0 aliphatic carbocycles. The summed E-state index contributed by atoms with van der Waals surface area (Å²) in [6.07, 6.45) is 4.62. The van der Waals surface area contributed by atoms with Gasteiger partial charge in [-0.05, 0) is 24.5 Å². The SMILES string of the molecule is COc1ccc(CN)c(N2CCCCCC2CO)c1. The summed E-state index contributed by atoms with van der Waals surface area (Å²) in [6.45, 7) is 1.68. The number of benzene rings is 1. The van der Waals surface area contributed by atoms with Crippen molar-refractivity contribution in [1.82, 2.24) is 0 Å². The number of anilines is 1. The van der Waals surface area contributed by atoms with Crippen LogP contribution in [-0.4, -0.2) is 31.4 Å². The van der Waals surface area contributed by atoms with Crippen LogP contribution in [0, 0.1) is 0 Å². The molecule has 1 unspecified atom stereocenters. The third kappa shape index (κ3) is 3.19. The Morgan fingerprint density at radius 2 is 2.21 bits per heavy atom. The lowest BCUT2D eigenvalue weighted by Crippen LogP contribution is -2.38. The highest BCUT2D eigenvalue weighted by atomic mass is 16.5. The van der Waals surface area contributed by atoms with Gasteiger partial charge in [0.1, 0.15) is 5.75 Å². The van der Waals surface area contributed by atoms with Gasteiger partial charge < -0.3 is 20.5 Å². The molecule has 1 aliphatic rings. The Morgan fingerprint density at radius 3 is 2.89 bits per heavy atom. The van der Waals surface area contributed by atoms with E-state index in [2.05, 4.69) is 4.90 Å². The number of hydrogen-bond acceptors (Lipinski definition) is 4. The van der Waals surface area contributed by atoms with Gasteiger partial charge in [-0.1, -0.05) is 18.9 Å². The van der Waals surface area contributed by atoms with Gasteiger partial charge in [-0.2, -0.15) is 0 Å². The molecule has 2 rings (SSSR count). The fourth-order valence-corrected chi connectivity index (χ4v) is 2.79. The number of ether oxygens (including phenoxy) is 1. The smallest absolute Gasteiger partial charge is 0.120 e. The minimum Gasteiger partial charge on any atom is -0.497 e. The first-order valence-corrected chi connectivity index (χ1v) is 7.04. The van der Waals surface area contributed by atoms with Gasteiger partial charge in [-0.3, -0.25) is 0 Å². The zero-order chi connectivity index (χ0) is 13.7. The summed E-state index contributed by atoms with van der Waals surface area (Å²) < 4.78 is 5.32. The van der Waals surface area contributed by atoms with E-state index in [1.165, 1.54) is 12.8 Å². The summed E-state index contributed by atoms with van der Waals surface area (Å²) in [4.78, 5) is 2.30. The van der Waals surface area contributed by atoms with Crippen molar-refractivity contribution in [3.05, 3.63) is 23.8 Å². The Morgan fingerprint density at radius 1 is 1.37 bits per heavy atom. The third-order valence-corrected chi connectivity index (χ3v) is 3.91. The fraction of sp³-hybridized carbons (Fsp3) is 0.600. The van der Waals surface area contributed by atoms with Crippen LogP contribution in [0.25, 0.3) is 0 Å². The van der Waals surface area contributed by atoms with Gasteiger partial charge in [0, 0.05) is 24.8 Å². The molecule has 0 amide bonds. The summed E-state index contributed by atoms with van der Waals surface area (Å²) in [7, 11) is 1.67. The molecule has 1 atom stereocenters. The van der Waals surface area contributed by atoms with Crippen LogP contribution in [0.15, 0.2) is 18.2 Å². The predicted molar refractivity (Wildman–Crippen MR) is 77.6 cm³/mol. The van der Waals surface area contributed by atoms with Crippen molar-refractivity contribution in [3.63, 3.8) is 0 Å². The molecule has 3 N–H and O–H groups in total. The number of rotatable bonds is 4. The second kappa shape index (κ2) is 6.78. The first kappa shape index (κ1) is 14.2. The van der Waals surface area contributed by atoms with E-state index in [4.69, 9.17) is 10.5 Å². The molecule has 1 aromatic carbocycles. The molecular weight excluding hydrogens is 240 g/mol. The number of aliphatic hydroxyl groups excluding tert-OH is 1. The highest BCUT2D eigenvalue weighted by molar-refractivity contribution is 5.58. The molecule has 0 bridgehead atoms. The van der Waals surface area contributed by atoms with E-state index in [9.17, 15) is 5.11 Å². The molecule has 1 aromatic rings. The zero-order valence-electron chi connectivity index (χ0n) is 11.6. The van der Waals surface area contributed by atoms with Crippen LogP contribution in [0.4, 0.5) is 5.69 Å². The van der Waals surface area contributed by atoms with Crippen molar-refractivity contribution in [1.29, 1.82) is 0 Å². The number of hydrogen-bond donors (Lipinski definition) is 2. The Kier molecular flexibility index (Phi) is 5.05. The second-order valence-corrected chi connectivity index (χ2v) is 5.08. The van der Waals surface area contributed by atoms with Crippen LogP contribution in [0.1, 0.15) is 31.2 Å². The van der Waals surface area contributed by atoms with Crippen LogP contribution in [0.3, 0.4) is 0 Å². The largest absolute Gasteiger partial charge is 0.497 e. The summed E-state index contributed by atoms with van der Waals surface area (Å²) in [5.74, 6) is 0.841. The van der Waals surface area contributed by atoms with Crippen LogP contribution in [0.5, 0.6) is 5.75 Å². The summed E-state index contributed by atoms with van der Waals surface area (Å²) in [5.41, 5.74) is 8.07. The van der Waals surface area contributed by atoms with Gasteiger partial charge in [0.05, 0.1) is 19.8 Å². The second-order valence-electron chi connectivity index (χ2n) is 5.08. The van der Waals surface area contributed by atoms with Gasteiger partial charge in [0.15, 0.2) is 0 Å². The number of methoxy groups -OCH3 is 1. The molecule has 1 fully saturated rings. The first-order valence-electron chi connectivity index (χ1n) is 7.04. The molecule has 4 heteroatoms. The average molecular weight is 264 g/mol. The highest BCUT2D eigenvalue weighted by Gasteiger charge is 2.22. The predicted octanol–water partition coefficient (Wildman–Crippen LogP) is 1.90. The molecule has 1 heterocycles. The van der Waals surface area contributed by atoms with Gasteiger partial charge in [-0.15, -0.1) is 0 Å².